The van der Waals surface area contributed by atoms with Gasteiger partial charge in [0.25, 0.3) is 0 Å². The SMILES string of the molecule is CC(C)[Si](OCC[C@@H](O)C[C@@H]1CCOC(c2ccccc2)O1)(C(C)C)C(C)C. The molecule has 0 saturated carbocycles. The van der Waals surface area contributed by atoms with Crippen molar-refractivity contribution in [3.8, 4) is 0 Å². The highest BCUT2D eigenvalue weighted by molar-refractivity contribution is 6.77. The summed E-state index contributed by atoms with van der Waals surface area (Å²) in [4.78, 5) is 0. The molecule has 1 N–H and O–H groups in total. The van der Waals surface area contributed by atoms with Gasteiger partial charge in [-0.05, 0) is 35.9 Å². The molecule has 1 saturated heterocycles. The van der Waals surface area contributed by atoms with E-state index in [-0.39, 0.29) is 12.4 Å². The maximum atomic E-state index is 10.6. The van der Waals surface area contributed by atoms with Gasteiger partial charge >= 0.3 is 0 Å². The van der Waals surface area contributed by atoms with Crippen LogP contribution < -0.4 is 0 Å². The monoisotopic (exact) mass is 408 g/mol. The first-order valence-corrected chi connectivity index (χ1v) is 13.0. The lowest BCUT2D eigenvalue weighted by molar-refractivity contribution is -0.222. The van der Waals surface area contributed by atoms with Gasteiger partial charge < -0.3 is 19.0 Å². The minimum absolute atomic E-state index is 0.0243. The van der Waals surface area contributed by atoms with Gasteiger partial charge in [0, 0.05) is 12.2 Å². The van der Waals surface area contributed by atoms with E-state index in [0.717, 1.165) is 12.0 Å². The molecule has 0 bridgehead atoms. The van der Waals surface area contributed by atoms with Crippen molar-refractivity contribution < 1.29 is 19.0 Å². The second-order valence-electron chi connectivity index (χ2n) is 9.00. The number of benzene rings is 1. The average molecular weight is 409 g/mol. The Morgan fingerprint density at radius 3 is 2.21 bits per heavy atom. The molecule has 160 valence electrons. The van der Waals surface area contributed by atoms with E-state index in [1.54, 1.807) is 0 Å². The normalized spacial score (nSPS) is 22.2. The van der Waals surface area contributed by atoms with Gasteiger partial charge in [-0.25, -0.2) is 0 Å². The number of aliphatic hydroxyl groups is 1. The predicted molar refractivity (Wildman–Crippen MR) is 117 cm³/mol. The van der Waals surface area contributed by atoms with Gasteiger partial charge in [0.1, 0.15) is 0 Å². The van der Waals surface area contributed by atoms with Gasteiger partial charge in [-0.3, -0.25) is 0 Å². The molecule has 5 heteroatoms. The number of aliphatic hydroxyl groups excluding tert-OH is 1. The van der Waals surface area contributed by atoms with Crippen molar-refractivity contribution >= 4 is 8.32 Å². The quantitative estimate of drug-likeness (QED) is 0.495. The highest BCUT2D eigenvalue weighted by Gasteiger charge is 2.44. The Morgan fingerprint density at radius 1 is 1.04 bits per heavy atom. The Labute approximate surface area is 172 Å². The summed E-state index contributed by atoms with van der Waals surface area (Å²) >= 11 is 0. The summed E-state index contributed by atoms with van der Waals surface area (Å²) in [6.07, 6.45) is 1.41. The summed E-state index contributed by atoms with van der Waals surface area (Å²) in [5, 5.41) is 10.6. The largest absolute Gasteiger partial charge is 0.416 e. The molecular formula is C23H40O4Si. The second-order valence-corrected chi connectivity index (χ2v) is 14.5. The molecule has 1 aliphatic heterocycles. The van der Waals surface area contributed by atoms with Crippen LogP contribution in [-0.4, -0.2) is 38.8 Å². The van der Waals surface area contributed by atoms with Crippen molar-refractivity contribution in [1.82, 2.24) is 0 Å². The van der Waals surface area contributed by atoms with Gasteiger partial charge in [-0.1, -0.05) is 71.9 Å². The third-order valence-electron chi connectivity index (χ3n) is 6.14. The molecule has 3 atom stereocenters. The van der Waals surface area contributed by atoms with E-state index in [1.165, 1.54) is 0 Å². The summed E-state index contributed by atoms with van der Waals surface area (Å²) in [7, 11) is -1.86. The van der Waals surface area contributed by atoms with E-state index in [9.17, 15) is 5.11 Å². The zero-order valence-corrected chi connectivity index (χ0v) is 19.6. The minimum Gasteiger partial charge on any atom is -0.416 e. The average Bonchev–Trinajstić information content (AvgIpc) is 2.65. The van der Waals surface area contributed by atoms with Gasteiger partial charge in [0.2, 0.25) is 0 Å². The third-order valence-corrected chi connectivity index (χ3v) is 12.3. The molecular weight excluding hydrogens is 368 g/mol. The van der Waals surface area contributed by atoms with Crippen LogP contribution in [0.5, 0.6) is 0 Å². The number of hydrogen-bond donors (Lipinski definition) is 1. The van der Waals surface area contributed by atoms with Crippen LogP contribution >= 0.6 is 0 Å². The number of ether oxygens (including phenoxy) is 2. The molecule has 1 aromatic rings. The van der Waals surface area contributed by atoms with Crippen LogP contribution in [0.15, 0.2) is 30.3 Å². The van der Waals surface area contributed by atoms with E-state index >= 15 is 0 Å². The summed E-state index contributed by atoms with van der Waals surface area (Å²) in [5.41, 5.74) is 2.73. The van der Waals surface area contributed by atoms with Crippen LogP contribution in [-0.2, 0) is 13.9 Å². The molecule has 28 heavy (non-hydrogen) atoms. The molecule has 1 aliphatic rings. The Bertz CT molecular complexity index is 539. The Morgan fingerprint density at radius 2 is 1.64 bits per heavy atom. The zero-order chi connectivity index (χ0) is 20.7. The molecule has 2 rings (SSSR count). The Hall–Kier alpha value is -0.723. The first-order valence-electron chi connectivity index (χ1n) is 10.9. The first-order chi connectivity index (χ1) is 13.3. The van der Waals surface area contributed by atoms with Gasteiger partial charge in [0.05, 0.1) is 18.8 Å². The van der Waals surface area contributed by atoms with Gasteiger partial charge in [-0.15, -0.1) is 0 Å². The van der Waals surface area contributed by atoms with Crippen LogP contribution in [0, 0.1) is 0 Å². The smallest absolute Gasteiger partial charge is 0.200 e. The van der Waals surface area contributed by atoms with Gasteiger partial charge in [-0.2, -0.15) is 0 Å². The molecule has 1 fully saturated rings. The molecule has 1 aromatic carbocycles. The lowest BCUT2D eigenvalue weighted by Crippen LogP contribution is -2.48. The van der Waals surface area contributed by atoms with Crippen LogP contribution in [0.3, 0.4) is 0 Å². The molecule has 0 aromatic heterocycles. The van der Waals surface area contributed by atoms with Crippen LogP contribution in [0.25, 0.3) is 0 Å². The van der Waals surface area contributed by atoms with E-state index in [4.69, 9.17) is 13.9 Å². The summed E-state index contributed by atoms with van der Waals surface area (Å²) in [5.74, 6) is 0. The minimum atomic E-state index is -1.86. The second kappa shape index (κ2) is 10.9. The first kappa shape index (κ1) is 23.6. The Kier molecular flexibility index (Phi) is 9.16. The highest BCUT2D eigenvalue weighted by Crippen LogP contribution is 2.42. The van der Waals surface area contributed by atoms with Crippen molar-refractivity contribution in [2.24, 2.45) is 0 Å². The van der Waals surface area contributed by atoms with Crippen LogP contribution in [0.2, 0.25) is 16.6 Å². The summed E-state index contributed by atoms with van der Waals surface area (Å²) in [6.45, 7) is 15.1. The lowest BCUT2D eigenvalue weighted by atomic mass is 10.1. The topological polar surface area (TPSA) is 47.9 Å². The van der Waals surface area contributed by atoms with Crippen LogP contribution in [0.1, 0.15) is 72.7 Å². The van der Waals surface area contributed by atoms with Gasteiger partial charge in [0.15, 0.2) is 14.6 Å². The van der Waals surface area contributed by atoms with Crippen molar-refractivity contribution in [2.45, 2.75) is 95.9 Å². The van der Waals surface area contributed by atoms with Crippen molar-refractivity contribution in [1.29, 1.82) is 0 Å². The summed E-state index contributed by atoms with van der Waals surface area (Å²) in [6, 6.07) is 10.0. The zero-order valence-electron chi connectivity index (χ0n) is 18.6. The van der Waals surface area contributed by atoms with Crippen LogP contribution in [0.4, 0.5) is 0 Å². The maximum Gasteiger partial charge on any atom is 0.200 e. The highest BCUT2D eigenvalue weighted by atomic mass is 28.4. The predicted octanol–water partition coefficient (Wildman–Crippen LogP) is 5.82. The molecule has 1 unspecified atom stereocenters. The Balaban J connectivity index is 1.84. The van der Waals surface area contributed by atoms with Crippen molar-refractivity contribution in [2.75, 3.05) is 13.2 Å². The summed E-state index contributed by atoms with van der Waals surface area (Å²) < 4.78 is 18.4. The molecule has 1 heterocycles. The number of hydrogen-bond acceptors (Lipinski definition) is 4. The molecule has 0 spiro atoms. The van der Waals surface area contributed by atoms with E-state index < -0.39 is 14.4 Å². The molecule has 0 aliphatic carbocycles. The number of rotatable bonds is 10. The maximum absolute atomic E-state index is 10.6. The molecule has 4 nitrogen and oxygen atoms in total. The molecule has 0 radical (unpaired) electrons. The van der Waals surface area contributed by atoms with E-state index in [1.807, 2.05) is 30.3 Å². The van der Waals surface area contributed by atoms with Crippen molar-refractivity contribution in [3.63, 3.8) is 0 Å². The van der Waals surface area contributed by atoms with Crippen molar-refractivity contribution in [3.05, 3.63) is 35.9 Å². The lowest BCUT2D eigenvalue weighted by Gasteiger charge is -2.42. The fourth-order valence-electron chi connectivity index (χ4n) is 4.84. The fourth-order valence-corrected chi connectivity index (χ4v) is 10.3. The molecule has 0 amide bonds. The standard InChI is InChI=1S/C23H40O4Si/c1-17(2)28(18(3)4,19(5)6)26-15-12-21(24)16-22-13-14-25-23(27-22)20-10-8-7-9-11-20/h7-11,17-19,21-24H,12-16H2,1-6H3/t21-,22+,23?/m1/s1. The fraction of sp³-hybridized carbons (Fsp3) is 0.739. The third kappa shape index (κ3) is 5.89. The van der Waals surface area contributed by atoms with E-state index in [0.29, 0.717) is 42.7 Å². The van der Waals surface area contributed by atoms with E-state index in [2.05, 4.69) is 41.5 Å².